The molecule has 8 heteroatoms. The molecule has 2 N–H and O–H groups in total. The number of alkyl carbamates (subject to hydrolysis) is 1. The lowest BCUT2D eigenvalue weighted by atomic mass is 9.87. The topological polar surface area (TPSA) is 105 Å². The number of carboxylic acid groups (broad SMARTS) is 1. The Morgan fingerprint density at radius 2 is 1.71 bits per heavy atom. The van der Waals surface area contributed by atoms with Crippen LogP contribution in [-0.4, -0.2) is 66.9 Å². The van der Waals surface area contributed by atoms with E-state index >= 15 is 0 Å². The van der Waals surface area contributed by atoms with Crippen molar-refractivity contribution in [1.82, 2.24) is 10.2 Å². The fourth-order valence-electron chi connectivity index (χ4n) is 4.64. The van der Waals surface area contributed by atoms with Crippen LogP contribution >= 0.6 is 0 Å². The highest BCUT2D eigenvalue weighted by Gasteiger charge is 2.36. The number of carbonyl (C=O) groups excluding carboxylic acids is 2. The van der Waals surface area contributed by atoms with Crippen LogP contribution in [0.5, 0.6) is 0 Å². The van der Waals surface area contributed by atoms with Gasteiger partial charge in [-0.1, -0.05) is 62.4 Å². The van der Waals surface area contributed by atoms with Crippen molar-refractivity contribution < 1.29 is 29.0 Å². The summed E-state index contributed by atoms with van der Waals surface area (Å²) in [6.07, 6.45) is -1.14. The van der Waals surface area contributed by atoms with Crippen LogP contribution in [0.4, 0.5) is 4.79 Å². The summed E-state index contributed by atoms with van der Waals surface area (Å²) in [7, 11) is 0. The Kier molecular flexibility index (Phi) is 6.88. The minimum absolute atomic E-state index is 0.0142. The van der Waals surface area contributed by atoms with Gasteiger partial charge in [-0.05, 0) is 28.7 Å². The number of ether oxygens (including phenoxy) is 2. The third kappa shape index (κ3) is 4.92. The minimum atomic E-state index is -1.08. The van der Waals surface area contributed by atoms with E-state index in [-0.39, 0.29) is 38.1 Å². The fraction of sp³-hybridized carbons (Fsp3) is 0.423. The number of rotatable bonds is 7. The standard InChI is InChI=1S/C26H30N2O6/c1-26(2,24(31)28-13-14-33-22(15-28)23(29)30)11-12-27-25(32)34-16-21-19-9-5-3-7-17(19)18-8-4-6-10-20(18)21/h3-10,21-22H,11-16H2,1-2H3,(H,27,32)(H,29,30). The second-order valence-corrected chi connectivity index (χ2v) is 9.34. The van der Waals surface area contributed by atoms with Crippen molar-refractivity contribution in [3.05, 3.63) is 59.7 Å². The molecule has 2 aliphatic rings. The number of nitrogens with one attached hydrogen (secondary N) is 1. The van der Waals surface area contributed by atoms with Crippen molar-refractivity contribution in [1.29, 1.82) is 0 Å². The lowest BCUT2D eigenvalue weighted by Gasteiger charge is -2.36. The average Bonchev–Trinajstić information content (AvgIpc) is 3.16. The first-order chi connectivity index (χ1) is 16.3. The van der Waals surface area contributed by atoms with Gasteiger partial charge in [0.15, 0.2) is 6.10 Å². The van der Waals surface area contributed by atoms with Gasteiger partial charge in [0.25, 0.3) is 0 Å². The van der Waals surface area contributed by atoms with Gasteiger partial charge in [0.2, 0.25) is 5.91 Å². The molecule has 1 aliphatic heterocycles. The number of hydrogen-bond donors (Lipinski definition) is 2. The summed E-state index contributed by atoms with van der Waals surface area (Å²) >= 11 is 0. The van der Waals surface area contributed by atoms with Gasteiger partial charge in [-0.25, -0.2) is 9.59 Å². The molecular weight excluding hydrogens is 436 g/mol. The van der Waals surface area contributed by atoms with E-state index in [1.807, 2.05) is 24.3 Å². The lowest BCUT2D eigenvalue weighted by molar-refractivity contribution is -0.162. The van der Waals surface area contributed by atoms with Gasteiger partial charge in [0.1, 0.15) is 6.61 Å². The number of benzene rings is 2. The molecular formula is C26H30N2O6. The number of aliphatic carboxylic acids is 1. The Morgan fingerprint density at radius 3 is 2.32 bits per heavy atom. The summed E-state index contributed by atoms with van der Waals surface area (Å²) in [6.45, 7) is 4.65. The molecule has 8 nitrogen and oxygen atoms in total. The maximum atomic E-state index is 12.9. The summed E-state index contributed by atoms with van der Waals surface area (Å²) in [6, 6.07) is 16.3. The highest BCUT2D eigenvalue weighted by atomic mass is 16.5. The van der Waals surface area contributed by atoms with Gasteiger partial charge in [-0.15, -0.1) is 0 Å². The first-order valence-corrected chi connectivity index (χ1v) is 11.5. The van der Waals surface area contributed by atoms with Crippen molar-refractivity contribution in [3.8, 4) is 11.1 Å². The van der Waals surface area contributed by atoms with Gasteiger partial charge in [-0.3, -0.25) is 4.79 Å². The Morgan fingerprint density at radius 1 is 1.09 bits per heavy atom. The maximum Gasteiger partial charge on any atom is 0.407 e. The number of carboxylic acids is 1. The van der Waals surface area contributed by atoms with Gasteiger partial charge >= 0.3 is 12.1 Å². The zero-order chi connectivity index (χ0) is 24.3. The molecule has 1 atom stereocenters. The highest BCUT2D eigenvalue weighted by molar-refractivity contribution is 5.83. The summed E-state index contributed by atoms with van der Waals surface area (Å²) in [5.41, 5.74) is 3.86. The largest absolute Gasteiger partial charge is 0.479 e. The zero-order valence-electron chi connectivity index (χ0n) is 19.5. The summed E-state index contributed by atoms with van der Waals surface area (Å²) in [5.74, 6) is -1.25. The van der Waals surface area contributed by atoms with Crippen LogP contribution < -0.4 is 5.32 Å². The first-order valence-electron chi connectivity index (χ1n) is 11.5. The highest BCUT2D eigenvalue weighted by Crippen LogP contribution is 2.44. The zero-order valence-corrected chi connectivity index (χ0v) is 19.5. The normalized spacial score (nSPS) is 17.6. The second-order valence-electron chi connectivity index (χ2n) is 9.34. The van der Waals surface area contributed by atoms with Gasteiger partial charge in [-0.2, -0.15) is 0 Å². The van der Waals surface area contributed by atoms with Crippen LogP contribution in [-0.2, 0) is 19.1 Å². The molecule has 0 saturated carbocycles. The molecule has 1 saturated heterocycles. The van der Waals surface area contributed by atoms with Crippen LogP contribution in [0.25, 0.3) is 11.1 Å². The molecule has 1 fully saturated rings. The van der Waals surface area contributed by atoms with Gasteiger partial charge in [0, 0.05) is 24.4 Å². The van der Waals surface area contributed by atoms with Crippen molar-refractivity contribution in [3.63, 3.8) is 0 Å². The van der Waals surface area contributed by atoms with Crippen LogP contribution in [0.15, 0.2) is 48.5 Å². The molecule has 1 heterocycles. The SMILES string of the molecule is CC(C)(CCNC(=O)OCC1c2ccccc2-c2ccccc21)C(=O)N1CCOC(C(=O)O)C1. The van der Waals surface area contributed by atoms with Crippen LogP contribution in [0.1, 0.15) is 37.3 Å². The predicted molar refractivity (Wildman–Crippen MR) is 125 cm³/mol. The molecule has 2 amide bonds. The van der Waals surface area contributed by atoms with Gasteiger partial charge < -0.3 is 24.8 Å². The molecule has 180 valence electrons. The summed E-state index contributed by atoms with van der Waals surface area (Å²) in [5, 5.41) is 11.9. The quantitative estimate of drug-likeness (QED) is 0.649. The molecule has 1 aliphatic carbocycles. The molecule has 0 spiro atoms. The van der Waals surface area contributed by atoms with Crippen molar-refractivity contribution >= 4 is 18.0 Å². The van der Waals surface area contributed by atoms with E-state index < -0.39 is 23.6 Å². The number of nitrogens with zero attached hydrogens (tertiary/aromatic N) is 1. The van der Waals surface area contributed by atoms with Crippen LogP contribution in [0.3, 0.4) is 0 Å². The summed E-state index contributed by atoms with van der Waals surface area (Å²) in [4.78, 5) is 38.0. The van der Waals surface area contributed by atoms with Crippen molar-refractivity contribution in [2.75, 3.05) is 32.8 Å². The summed E-state index contributed by atoms with van der Waals surface area (Å²) < 4.78 is 10.7. The smallest absolute Gasteiger partial charge is 0.407 e. The molecule has 2 aromatic carbocycles. The number of morpholine rings is 1. The van der Waals surface area contributed by atoms with E-state index in [0.717, 1.165) is 11.1 Å². The second kappa shape index (κ2) is 9.85. The fourth-order valence-corrected chi connectivity index (χ4v) is 4.64. The molecule has 2 aromatic rings. The Balaban J connectivity index is 1.28. The van der Waals surface area contributed by atoms with E-state index in [4.69, 9.17) is 14.6 Å². The van der Waals surface area contributed by atoms with E-state index in [0.29, 0.717) is 13.0 Å². The van der Waals surface area contributed by atoms with E-state index in [2.05, 4.69) is 29.6 Å². The van der Waals surface area contributed by atoms with E-state index in [9.17, 15) is 14.4 Å². The maximum absolute atomic E-state index is 12.9. The number of hydrogen-bond acceptors (Lipinski definition) is 5. The minimum Gasteiger partial charge on any atom is -0.479 e. The third-order valence-corrected chi connectivity index (χ3v) is 6.57. The number of amides is 2. The van der Waals surface area contributed by atoms with E-state index in [1.54, 1.807) is 13.8 Å². The lowest BCUT2D eigenvalue weighted by Crippen LogP contribution is -2.52. The monoisotopic (exact) mass is 466 g/mol. The van der Waals surface area contributed by atoms with Gasteiger partial charge in [0.05, 0.1) is 13.2 Å². The molecule has 4 rings (SSSR count). The average molecular weight is 467 g/mol. The molecule has 0 aromatic heterocycles. The molecule has 1 unspecified atom stereocenters. The number of fused-ring (bicyclic) bond motifs is 3. The Labute approximate surface area is 198 Å². The number of carbonyl (C=O) groups is 3. The predicted octanol–water partition coefficient (Wildman–Crippen LogP) is 3.25. The van der Waals surface area contributed by atoms with Crippen molar-refractivity contribution in [2.45, 2.75) is 32.3 Å². The molecule has 34 heavy (non-hydrogen) atoms. The molecule has 0 bridgehead atoms. The molecule has 0 radical (unpaired) electrons. The first kappa shape index (κ1) is 23.8. The van der Waals surface area contributed by atoms with Crippen molar-refractivity contribution in [2.24, 2.45) is 5.41 Å². The van der Waals surface area contributed by atoms with E-state index in [1.165, 1.54) is 16.0 Å². The van der Waals surface area contributed by atoms with Crippen LogP contribution in [0.2, 0.25) is 0 Å². The Bertz CT molecular complexity index is 1040. The Hall–Kier alpha value is -3.39. The third-order valence-electron chi connectivity index (χ3n) is 6.57. The van der Waals surface area contributed by atoms with Crippen LogP contribution in [0, 0.1) is 5.41 Å².